The van der Waals surface area contributed by atoms with Crippen molar-refractivity contribution in [2.45, 2.75) is 13.2 Å². The van der Waals surface area contributed by atoms with Crippen LogP contribution in [0.5, 0.6) is 17.2 Å². The standard InChI is InChI=1S/C28H25NO4/c1-31-26-17-16-22(18-23(26)20-32-19-21-10-4-2-5-11-21)28(30)29-25-14-8-9-15-27(25)33-24-12-6-3-7-13-24/h2-18H,19-20H2,1H3,(H,29,30). The predicted molar refractivity (Wildman–Crippen MR) is 129 cm³/mol. The maximum absolute atomic E-state index is 13.0. The number of amides is 1. The second-order valence-corrected chi connectivity index (χ2v) is 7.37. The molecule has 1 amide bonds. The molecule has 0 fully saturated rings. The lowest BCUT2D eigenvalue weighted by molar-refractivity contribution is 0.102. The number of ether oxygens (including phenoxy) is 3. The minimum atomic E-state index is -0.244. The van der Waals surface area contributed by atoms with E-state index >= 15 is 0 Å². The van der Waals surface area contributed by atoms with Crippen molar-refractivity contribution in [2.24, 2.45) is 0 Å². The van der Waals surface area contributed by atoms with Gasteiger partial charge in [-0.3, -0.25) is 4.79 Å². The number of anilines is 1. The first-order valence-corrected chi connectivity index (χ1v) is 10.6. The molecule has 0 aromatic heterocycles. The maximum atomic E-state index is 13.0. The van der Waals surface area contributed by atoms with Crippen molar-refractivity contribution in [1.82, 2.24) is 0 Å². The van der Waals surface area contributed by atoms with Crippen LogP contribution in [0.15, 0.2) is 103 Å². The summed E-state index contributed by atoms with van der Waals surface area (Å²) in [5.41, 5.74) is 2.97. The van der Waals surface area contributed by atoms with E-state index in [9.17, 15) is 4.79 Å². The van der Waals surface area contributed by atoms with Crippen molar-refractivity contribution in [1.29, 1.82) is 0 Å². The first kappa shape index (κ1) is 22.1. The van der Waals surface area contributed by atoms with Gasteiger partial charge in [-0.2, -0.15) is 0 Å². The van der Waals surface area contributed by atoms with E-state index in [0.29, 0.717) is 41.7 Å². The maximum Gasteiger partial charge on any atom is 0.255 e. The topological polar surface area (TPSA) is 56.8 Å². The molecule has 0 unspecified atom stereocenters. The number of carbonyl (C=O) groups is 1. The quantitative estimate of drug-likeness (QED) is 0.325. The third kappa shape index (κ3) is 5.99. The Bertz CT molecular complexity index is 1190. The van der Waals surface area contributed by atoms with Gasteiger partial charge in [0.25, 0.3) is 5.91 Å². The van der Waals surface area contributed by atoms with Gasteiger partial charge < -0.3 is 19.5 Å². The predicted octanol–water partition coefficient (Wildman–Crippen LogP) is 6.46. The lowest BCUT2D eigenvalue weighted by Gasteiger charge is -2.14. The molecular weight excluding hydrogens is 414 g/mol. The molecule has 166 valence electrons. The Morgan fingerprint density at radius 3 is 2.21 bits per heavy atom. The third-order valence-corrected chi connectivity index (χ3v) is 5.02. The van der Waals surface area contributed by atoms with Crippen LogP contribution in [-0.4, -0.2) is 13.0 Å². The number of para-hydroxylation sites is 3. The number of carbonyl (C=O) groups excluding carboxylic acids is 1. The van der Waals surface area contributed by atoms with Crippen molar-refractivity contribution < 1.29 is 19.0 Å². The Balaban J connectivity index is 1.47. The summed E-state index contributed by atoms with van der Waals surface area (Å²) >= 11 is 0. The van der Waals surface area contributed by atoms with Gasteiger partial charge in [0.2, 0.25) is 0 Å². The van der Waals surface area contributed by atoms with Gasteiger partial charge in [0, 0.05) is 11.1 Å². The van der Waals surface area contributed by atoms with E-state index in [1.54, 1.807) is 25.3 Å². The van der Waals surface area contributed by atoms with E-state index < -0.39 is 0 Å². The third-order valence-electron chi connectivity index (χ3n) is 5.02. The highest BCUT2D eigenvalue weighted by Crippen LogP contribution is 2.30. The van der Waals surface area contributed by atoms with Gasteiger partial charge >= 0.3 is 0 Å². The SMILES string of the molecule is COc1ccc(C(=O)Nc2ccccc2Oc2ccccc2)cc1COCc1ccccc1. The monoisotopic (exact) mass is 439 g/mol. The zero-order valence-corrected chi connectivity index (χ0v) is 18.4. The highest BCUT2D eigenvalue weighted by molar-refractivity contribution is 6.05. The normalized spacial score (nSPS) is 10.5. The van der Waals surface area contributed by atoms with Crippen LogP contribution in [0.4, 0.5) is 5.69 Å². The molecule has 0 aliphatic heterocycles. The number of hydrogen-bond acceptors (Lipinski definition) is 4. The summed E-state index contributed by atoms with van der Waals surface area (Å²) in [6, 6.07) is 32.0. The first-order chi connectivity index (χ1) is 16.2. The minimum Gasteiger partial charge on any atom is -0.496 e. The zero-order valence-electron chi connectivity index (χ0n) is 18.4. The molecule has 4 rings (SSSR count). The number of benzene rings is 4. The van der Waals surface area contributed by atoms with E-state index in [2.05, 4.69) is 5.32 Å². The van der Waals surface area contributed by atoms with Gasteiger partial charge in [0.05, 0.1) is 26.0 Å². The summed E-state index contributed by atoms with van der Waals surface area (Å²) in [6.45, 7) is 0.803. The van der Waals surface area contributed by atoms with Crippen LogP contribution in [0.2, 0.25) is 0 Å². The Morgan fingerprint density at radius 1 is 0.758 bits per heavy atom. The molecule has 1 N–H and O–H groups in total. The van der Waals surface area contributed by atoms with Crippen LogP contribution in [0.1, 0.15) is 21.5 Å². The van der Waals surface area contributed by atoms with E-state index in [4.69, 9.17) is 14.2 Å². The van der Waals surface area contributed by atoms with Crippen molar-refractivity contribution in [3.05, 3.63) is 120 Å². The Labute approximate surface area is 193 Å². The summed E-state index contributed by atoms with van der Waals surface area (Å²) in [5.74, 6) is 1.69. The van der Waals surface area contributed by atoms with Crippen molar-refractivity contribution >= 4 is 11.6 Å². The lowest BCUT2D eigenvalue weighted by Crippen LogP contribution is -2.13. The zero-order chi connectivity index (χ0) is 22.9. The summed E-state index contributed by atoms with van der Waals surface area (Å²) < 4.78 is 17.3. The fraction of sp³-hybridized carbons (Fsp3) is 0.107. The molecule has 5 nitrogen and oxygen atoms in total. The van der Waals surface area contributed by atoms with E-state index in [-0.39, 0.29) is 5.91 Å². The Morgan fingerprint density at radius 2 is 1.45 bits per heavy atom. The highest BCUT2D eigenvalue weighted by Gasteiger charge is 2.13. The molecule has 0 heterocycles. The van der Waals surface area contributed by atoms with Crippen LogP contribution in [0.25, 0.3) is 0 Å². The number of hydrogen-bond donors (Lipinski definition) is 1. The molecule has 0 spiro atoms. The molecular formula is C28H25NO4. The van der Waals surface area contributed by atoms with E-state index in [1.807, 2.05) is 84.9 Å². The fourth-order valence-electron chi connectivity index (χ4n) is 3.35. The van der Waals surface area contributed by atoms with Gasteiger partial charge in [0.1, 0.15) is 11.5 Å². The first-order valence-electron chi connectivity index (χ1n) is 10.6. The van der Waals surface area contributed by atoms with Crippen LogP contribution in [0.3, 0.4) is 0 Å². The van der Waals surface area contributed by atoms with Gasteiger partial charge in [-0.1, -0.05) is 60.7 Å². The van der Waals surface area contributed by atoms with E-state index in [0.717, 1.165) is 11.1 Å². The largest absolute Gasteiger partial charge is 0.496 e. The number of nitrogens with one attached hydrogen (secondary N) is 1. The molecule has 0 bridgehead atoms. The Kier molecular flexibility index (Phi) is 7.36. The Hall–Kier alpha value is -4.09. The van der Waals surface area contributed by atoms with Gasteiger partial charge in [-0.05, 0) is 48.0 Å². The molecule has 0 atom stereocenters. The van der Waals surface area contributed by atoms with Gasteiger partial charge in [0.15, 0.2) is 5.75 Å². The molecule has 0 saturated heterocycles. The molecule has 0 saturated carbocycles. The summed E-state index contributed by atoms with van der Waals surface area (Å²) in [6.07, 6.45) is 0. The fourth-order valence-corrected chi connectivity index (χ4v) is 3.35. The molecule has 0 aliphatic carbocycles. The summed E-state index contributed by atoms with van der Waals surface area (Å²) in [7, 11) is 1.60. The van der Waals surface area contributed by atoms with Gasteiger partial charge in [-0.15, -0.1) is 0 Å². The highest BCUT2D eigenvalue weighted by atomic mass is 16.5. The minimum absolute atomic E-state index is 0.244. The lowest BCUT2D eigenvalue weighted by atomic mass is 10.1. The van der Waals surface area contributed by atoms with Crippen LogP contribution in [-0.2, 0) is 18.0 Å². The average Bonchev–Trinajstić information content (AvgIpc) is 2.86. The number of methoxy groups -OCH3 is 1. The van der Waals surface area contributed by atoms with Crippen molar-refractivity contribution in [3.63, 3.8) is 0 Å². The number of rotatable bonds is 9. The molecule has 0 aliphatic rings. The van der Waals surface area contributed by atoms with Crippen LogP contribution >= 0.6 is 0 Å². The van der Waals surface area contributed by atoms with Crippen LogP contribution < -0.4 is 14.8 Å². The molecule has 4 aromatic carbocycles. The second kappa shape index (κ2) is 11.0. The summed E-state index contributed by atoms with van der Waals surface area (Å²) in [4.78, 5) is 13.0. The average molecular weight is 440 g/mol. The van der Waals surface area contributed by atoms with Crippen molar-refractivity contribution in [3.8, 4) is 17.2 Å². The van der Waals surface area contributed by atoms with Gasteiger partial charge in [-0.25, -0.2) is 0 Å². The van der Waals surface area contributed by atoms with E-state index in [1.165, 1.54) is 0 Å². The molecule has 33 heavy (non-hydrogen) atoms. The second-order valence-electron chi connectivity index (χ2n) is 7.37. The molecule has 4 aromatic rings. The molecule has 0 radical (unpaired) electrons. The molecule has 5 heteroatoms. The van der Waals surface area contributed by atoms with Crippen molar-refractivity contribution in [2.75, 3.05) is 12.4 Å². The van der Waals surface area contributed by atoms with Crippen LogP contribution in [0, 0.1) is 0 Å². The smallest absolute Gasteiger partial charge is 0.255 e. The summed E-state index contributed by atoms with van der Waals surface area (Å²) in [5, 5.41) is 2.95.